The summed E-state index contributed by atoms with van der Waals surface area (Å²) in [6, 6.07) is 7.58. The highest BCUT2D eigenvalue weighted by atomic mass is 19.1. The monoisotopic (exact) mass is 238 g/mol. The maximum absolute atomic E-state index is 14.2. The molecule has 0 saturated heterocycles. The van der Waals surface area contributed by atoms with Gasteiger partial charge in [0.15, 0.2) is 0 Å². The Kier molecular flexibility index (Phi) is 3.98. The molecule has 0 saturated carbocycles. The van der Waals surface area contributed by atoms with Crippen molar-refractivity contribution in [3.63, 3.8) is 0 Å². The van der Waals surface area contributed by atoms with Crippen LogP contribution in [0.1, 0.15) is 51.9 Å². The molecule has 0 fully saturated rings. The molecule has 1 rings (SSSR count). The van der Waals surface area contributed by atoms with Gasteiger partial charge in [-0.2, -0.15) is 0 Å². The fourth-order valence-electron chi connectivity index (χ4n) is 1.68. The Morgan fingerprint density at radius 2 is 1.53 bits per heavy atom. The van der Waals surface area contributed by atoms with Crippen molar-refractivity contribution in [3.8, 4) is 0 Å². The van der Waals surface area contributed by atoms with Gasteiger partial charge in [-0.15, -0.1) is 0 Å². The molecule has 0 aliphatic carbocycles. The third-order valence-corrected chi connectivity index (χ3v) is 3.16. The van der Waals surface area contributed by atoms with E-state index in [4.69, 9.17) is 5.11 Å². The molecule has 96 valence electrons. The highest BCUT2D eigenvalue weighted by Crippen LogP contribution is 2.36. The maximum atomic E-state index is 14.2. The lowest BCUT2D eigenvalue weighted by Crippen LogP contribution is -2.23. The van der Waals surface area contributed by atoms with Crippen LogP contribution in [0.25, 0.3) is 0 Å². The van der Waals surface area contributed by atoms with E-state index < -0.39 is 11.6 Å². The first-order chi connectivity index (χ1) is 7.68. The summed E-state index contributed by atoms with van der Waals surface area (Å²) in [7, 11) is 0. The second kappa shape index (κ2) is 4.77. The number of rotatable bonds is 3. The second-order valence-electron chi connectivity index (χ2n) is 6.38. The first kappa shape index (κ1) is 14.2. The van der Waals surface area contributed by atoms with Gasteiger partial charge in [-0.3, -0.25) is 0 Å². The van der Waals surface area contributed by atoms with Crippen molar-refractivity contribution in [2.24, 2.45) is 5.41 Å². The molecule has 0 heterocycles. The van der Waals surface area contributed by atoms with E-state index in [1.54, 1.807) is 13.8 Å². The Bertz CT molecular complexity index is 360. The zero-order valence-electron chi connectivity index (χ0n) is 11.4. The molecule has 1 N–H and O–H groups in total. The van der Waals surface area contributed by atoms with Crippen LogP contribution < -0.4 is 0 Å². The van der Waals surface area contributed by atoms with Crippen molar-refractivity contribution >= 4 is 0 Å². The molecule has 1 unspecified atom stereocenters. The van der Waals surface area contributed by atoms with Gasteiger partial charge < -0.3 is 5.11 Å². The minimum absolute atomic E-state index is 0.0802. The van der Waals surface area contributed by atoms with E-state index in [0.717, 1.165) is 0 Å². The van der Waals surface area contributed by atoms with Gasteiger partial charge in [0, 0.05) is 5.41 Å². The number of alkyl halides is 1. The van der Waals surface area contributed by atoms with Crippen LogP contribution in [0.15, 0.2) is 24.3 Å². The average Bonchev–Trinajstić information content (AvgIpc) is 2.27. The SMILES string of the molecule is CC(C)(C)c1ccc(C(F)C(C)(C)CO)cc1. The highest BCUT2D eigenvalue weighted by Gasteiger charge is 2.30. The van der Waals surface area contributed by atoms with Gasteiger partial charge in [0.2, 0.25) is 0 Å². The van der Waals surface area contributed by atoms with Crippen molar-refractivity contribution in [1.82, 2.24) is 0 Å². The molecule has 0 spiro atoms. The minimum Gasteiger partial charge on any atom is -0.396 e. The smallest absolute Gasteiger partial charge is 0.132 e. The van der Waals surface area contributed by atoms with Gasteiger partial charge in [0.25, 0.3) is 0 Å². The van der Waals surface area contributed by atoms with Gasteiger partial charge in [-0.1, -0.05) is 58.9 Å². The van der Waals surface area contributed by atoms with E-state index in [9.17, 15) is 4.39 Å². The van der Waals surface area contributed by atoms with Crippen molar-refractivity contribution in [3.05, 3.63) is 35.4 Å². The Labute approximate surface area is 104 Å². The Morgan fingerprint density at radius 1 is 1.06 bits per heavy atom. The van der Waals surface area contributed by atoms with E-state index in [2.05, 4.69) is 20.8 Å². The Morgan fingerprint density at radius 3 is 1.88 bits per heavy atom. The lowest BCUT2D eigenvalue weighted by Gasteiger charge is -2.27. The summed E-state index contributed by atoms with van der Waals surface area (Å²) < 4.78 is 14.2. The summed E-state index contributed by atoms with van der Waals surface area (Å²) in [5.41, 5.74) is 1.17. The minimum atomic E-state index is -1.14. The van der Waals surface area contributed by atoms with Crippen LogP contribution in [-0.2, 0) is 5.41 Å². The van der Waals surface area contributed by atoms with Gasteiger partial charge in [0.1, 0.15) is 6.17 Å². The number of aliphatic hydroxyl groups is 1. The predicted octanol–water partition coefficient (Wildman–Crippen LogP) is 4.01. The van der Waals surface area contributed by atoms with Gasteiger partial charge in [-0.05, 0) is 16.5 Å². The van der Waals surface area contributed by atoms with E-state index in [1.165, 1.54) is 5.56 Å². The van der Waals surface area contributed by atoms with Crippen LogP contribution >= 0.6 is 0 Å². The van der Waals surface area contributed by atoms with Crippen LogP contribution in [0.3, 0.4) is 0 Å². The summed E-state index contributed by atoms with van der Waals surface area (Å²) in [5, 5.41) is 9.17. The Hall–Kier alpha value is -0.890. The van der Waals surface area contributed by atoms with Crippen molar-refractivity contribution in [2.75, 3.05) is 6.61 Å². The zero-order valence-corrected chi connectivity index (χ0v) is 11.4. The lowest BCUT2D eigenvalue weighted by molar-refractivity contribution is 0.0664. The van der Waals surface area contributed by atoms with Crippen LogP contribution in [0.2, 0.25) is 0 Å². The molecule has 1 nitrogen and oxygen atoms in total. The highest BCUT2D eigenvalue weighted by molar-refractivity contribution is 5.29. The van der Waals surface area contributed by atoms with Crippen molar-refractivity contribution in [1.29, 1.82) is 0 Å². The molecule has 0 amide bonds. The summed E-state index contributed by atoms with van der Waals surface area (Å²) >= 11 is 0. The lowest BCUT2D eigenvalue weighted by atomic mass is 9.82. The topological polar surface area (TPSA) is 20.2 Å². The van der Waals surface area contributed by atoms with E-state index in [-0.39, 0.29) is 12.0 Å². The first-order valence-corrected chi connectivity index (χ1v) is 6.04. The standard InChI is InChI=1S/C15H23FO/c1-14(2,3)12-8-6-11(7-9-12)13(16)15(4,5)10-17/h6-9,13,17H,10H2,1-5H3. The van der Waals surface area contributed by atoms with Gasteiger partial charge >= 0.3 is 0 Å². The fraction of sp³-hybridized carbons (Fsp3) is 0.600. The van der Waals surface area contributed by atoms with Crippen LogP contribution in [0.5, 0.6) is 0 Å². The maximum Gasteiger partial charge on any atom is 0.132 e. The van der Waals surface area contributed by atoms with Crippen LogP contribution in [0, 0.1) is 5.41 Å². The molecule has 0 radical (unpaired) electrons. The molecule has 0 aliphatic rings. The largest absolute Gasteiger partial charge is 0.396 e. The molecule has 0 aromatic heterocycles. The third-order valence-electron chi connectivity index (χ3n) is 3.16. The molecule has 2 heteroatoms. The number of hydrogen-bond donors (Lipinski definition) is 1. The normalized spacial score (nSPS) is 14.8. The van der Waals surface area contributed by atoms with E-state index in [1.807, 2.05) is 24.3 Å². The number of halogens is 1. The van der Waals surface area contributed by atoms with Gasteiger partial charge in [-0.25, -0.2) is 4.39 Å². The zero-order chi connectivity index (χ0) is 13.3. The van der Waals surface area contributed by atoms with Crippen LogP contribution in [-0.4, -0.2) is 11.7 Å². The molecular weight excluding hydrogens is 215 g/mol. The number of benzene rings is 1. The molecule has 0 aliphatic heterocycles. The van der Waals surface area contributed by atoms with Crippen molar-refractivity contribution < 1.29 is 9.50 Å². The average molecular weight is 238 g/mol. The Balaban J connectivity index is 2.96. The third kappa shape index (κ3) is 3.29. The quantitative estimate of drug-likeness (QED) is 0.843. The fourth-order valence-corrected chi connectivity index (χ4v) is 1.68. The number of aliphatic hydroxyl groups excluding tert-OH is 1. The molecule has 1 aromatic rings. The van der Waals surface area contributed by atoms with Crippen LogP contribution in [0.4, 0.5) is 4.39 Å². The summed E-state index contributed by atoms with van der Waals surface area (Å²) in [4.78, 5) is 0. The number of hydrogen-bond acceptors (Lipinski definition) is 1. The molecule has 0 bridgehead atoms. The molecule has 1 atom stereocenters. The molecule has 17 heavy (non-hydrogen) atoms. The first-order valence-electron chi connectivity index (χ1n) is 6.04. The second-order valence-corrected chi connectivity index (χ2v) is 6.38. The van der Waals surface area contributed by atoms with E-state index >= 15 is 0 Å². The van der Waals surface area contributed by atoms with E-state index in [0.29, 0.717) is 5.56 Å². The summed E-state index contributed by atoms with van der Waals surface area (Å²) in [5.74, 6) is 0. The summed E-state index contributed by atoms with van der Waals surface area (Å²) in [6.07, 6.45) is -1.14. The van der Waals surface area contributed by atoms with Gasteiger partial charge in [0.05, 0.1) is 6.61 Å². The van der Waals surface area contributed by atoms with Crippen molar-refractivity contribution in [2.45, 2.75) is 46.2 Å². The molecule has 1 aromatic carbocycles. The predicted molar refractivity (Wildman–Crippen MR) is 69.9 cm³/mol. The summed E-state index contributed by atoms with van der Waals surface area (Å²) in [6.45, 7) is 9.70. The molecular formula is C15H23FO.